The summed E-state index contributed by atoms with van der Waals surface area (Å²) in [5.41, 5.74) is 1.57. The maximum Gasteiger partial charge on any atom is 0.271 e. The molecule has 0 aliphatic carbocycles. The van der Waals surface area contributed by atoms with E-state index in [0.29, 0.717) is 12.3 Å². The Morgan fingerprint density at radius 3 is 3.10 bits per heavy atom. The Hall–Kier alpha value is -2.08. The summed E-state index contributed by atoms with van der Waals surface area (Å²) in [4.78, 5) is 16.3. The van der Waals surface area contributed by atoms with Crippen LogP contribution >= 0.6 is 11.3 Å². The Labute approximate surface area is 121 Å². The summed E-state index contributed by atoms with van der Waals surface area (Å²) in [6, 6.07) is 7.89. The first-order chi connectivity index (χ1) is 9.76. The first-order valence-corrected chi connectivity index (χ1v) is 7.29. The van der Waals surface area contributed by atoms with Gasteiger partial charge >= 0.3 is 0 Å². The summed E-state index contributed by atoms with van der Waals surface area (Å²) < 4.78 is 5.65. The van der Waals surface area contributed by atoms with Gasteiger partial charge in [0.1, 0.15) is 18.1 Å². The SMILES string of the molecule is CNc1nc(C(=O)N[C@H]2COc3ccccc3C2)cs1. The van der Waals surface area contributed by atoms with Crippen LogP contribution in [0, 0.1) is 0 Å². The predicted octanol–water partition coefficient (Wildman–Crippen LogP) is 1.92. The summed E-state index contributed by atoms with van der Waals surface area (Å²) >= 11 is 1.41. The quantitative estimate of drug-likeness (QED) is 0.906. The largest absolute Gasteiger partial charge is 0.491 e. The zero-order chi connectivity index (χ0) is 13.9. The van der Waals surface area contributed by atoms with Crippen molar-refractivity contribution in [3.8, 4) is 5.75 Å². The maximum atomic E-state index is 12.1. The number of carbonyl (C=O) groups is 1. The second kappa shape index (κ2) is 5.50. The number of rotatable bonds is 3. The third kappa shape index (κ3) is 2.60. The second-order valence-corrected chi connectivity index (χ2v) is 5.44. The van der Waals surface area contributed by atoms with Crippen molar-refractivity contribution < 1.29 is 9.53 Å². The third-order valence-corrected chi connectivity index (χ3v) is 4.02. The average molecular weight is 289 g/mol. The molecular formula is C14H15N3O2S. The van der Waals surface area contributed by atoms with Gasteiger partial charge in [-0.2, -0.15) is 0 Å². The highest BCUT2D eigenvalue weighted by molar-refractivity contribution is 7.13. The monoisotopic (exact) mass is 289 g/mol. The lowest BCUT2D eigenvalue weighted by molar-refractivity contribution is 0.0911. The number of aromatic nitrogens is 1. The van der Waals surface area contributed by atoms with Crippen LogP contribution in [-0.2, 0) is 6.42 Å². The van der Waals surface area contributed by atoms with E-state index in [2.05, 4.69) is 15.6 Å². The molecule has 5 nitrogen and oxygen atoms in total. The fourth-order valence-electron chi connectivity index (χ4n) is 2.17. The summed E-state index contributed by atoms with van der Waals surface area (Å²) in [6.45, 7) is 0.492. The van der Waals surface area contributed by atoms with Gasteiger partial charge in [-0.05, 0) is 18.1 Å². The minimum Gasteiger partial charge on any atom is -0.491 e. The van der Waals surface area contributed by atoms with Gasteiger partial charge in [0.2, 0.25) is 0 Å². The van der Waals surface area contributed by atoms with Crippen LogP contribution in [0.5, 0.6) is 5.75 Å². The Morgan fingerprint density at radius 2 is 2.30 bits per heavy atom. The number of hydrogen-bond acceptors (Lipinski definition) is 5. The highest BCUT2D eigenvalue weighted by Gasteiger charge is 2.22. The number of benzene rings is 1. The Morgan fingerprint density at radius 1 is 1.45 bits per heavy atom. The van der Waals surface area contributed by atoms with Gasteiger partial charge in [0.25, 0.3) is 5.91 Å². The molecule has 1 aromatic heterocycles. The smallest absolute Gasteiger partial charge is 0.271 e. The van der Waals surface area contributed by atoms with Gasteiger partial charge in [-0.1, -0.05) is 18.2 Å². The van der Waals surface area contributed by atoms with Gasteiger partial charge in [0, 0.05) is 12.4 Å². The summed E-state index contributed by atoms with van der Waals surface area (Å²) in [6.07, 6.45) is 0.783. The maximum absolute atomic E-state index is 12.1. The number of thiazole rings is 1. The second-order valence-electron chi connectivity index (χ2n) is 4.58. The first kappa shape index (κ1) is 12.9. The number of fused-ring (bicyclic) bond motifs is 1. The molecule has 0 spiro atoms. The van der Waals surface area contributed by atoms with E-state index in [9.17, 15) is 4.79 Å². The summed E-state index contributed by atoms with van der Waals surface area (Å²) in [5.74, 6) is 0.750. The van der Waals surface area contributed by atoms with Gasteiger partial charge in [-0.15, -0.1) is 11.3 Å². The molecule has 2 N–H and O–H groups in total. The van der Waals surface area contributed by atoms with Crippen molar-refractivity contribution in [2.75, 3.05) is 19.0 Å². The number of hydrogen-bond donors (Lipinski definition) is 2. The van der Waals surface area contributed by atoms with Crippen molar-refractivity contribution in [2.45, 2.75) is 12.5 Å². The van der Waals surface area contributed by atoms with Crippen LogP contribution in [0.3, 0.4) is 0 Å². The molecule has 104 valence electrons. The van der Waals surface area contributed by atoms with Crippen LogP contribution in [-0.4, -0.2) is 30.6 Å². The highest BCUT2D eigenvalue weighted by atomic mass is 32.1. The molecule has 0 unspecified atom stereocenters. The molecule has 1 aromatic carbocycles. The standard InChI is InChI=1S/C14H15N3O2S/c1-15-14-17-11(8-20-14)13(18)16-10-6-9-4-2-3-5-12(9)19-7-10/h2-5,8,10H,6-7H2,1H3,(H,15,17)(H,16,18)/t10-/m1/s1. The summed E-state index contributed by atoms with van der Waals surface area (Å²) in [7, 11) is 1.78. The van der Waals surface area contributed by atoms with Gasteiger partial charge < -0.3 is 15.4 Å². The number of anilines is 1. The van der Waals surface area contributed by atoms with Gasteiger partial charge in [0.15, 0.2) is 5.13 Å². The molecule has 1 amide bonds. The molecule has 20 heavy (non-hydrogen) atoms. The molecule has 0 saturated carbocycles. The number of nitrogens with zero attached hydrogens (tertiary/aromatic N) is 1. The molecule has 0 radical (unpaired) electrons. The minimum absolute atomic E-state index is 0.0165. The number of amides is 1. The van der Waals surface area contributed by atoms with E-state index in [4.69, 9.17) is 4.74 Å². The van der Waals surface area contributed by atoms with Crippen molar-refractivity contribution in [3.63, 3.8) is 0 Å². The van der Waals surface area contributed by atoms with E-state index in [0.717, 1.165) is 22.9 Å². The molecule has 0 saturated heterocycles. The number of ether oxygens (including phenoxy) is 1. The molecule has 6 heteroatoms. The lowest BCUT2D eigenvalue weighted by Gasteiger charge is -2.25. The fourth-order valence-corrected chi connectivity index (χ4v) is 2.82. The van der Waals surface area contributed by atoms with Gasteiger partial charge in [-0.3, -0.25) is 4.79 Å². The first-order valence-electron chi connectivity index (χ1n) is 6.41. The van der Waals surface area contributed by atoms with Crippen LogP contribution in [0.4, 0.5) is 5.13 Å². The van der Waals surface area contributed by atoms with Crippen LogP contribution in [0.15, 0.2) is 29.6 Å². The zero-order valence-electron chi connectivity index (χ0n) is 11.1. The Kier molecular flexibility index (Phi) is 3.56. The van der Waals surface area contributed by atoms with Crippen LogP contribution < -0.4 is 15.4 Å². The Bertz CT molecular complexity index is 626. The van der Waals surface area contributed by atoms with E-state index in [-0.39, 0.29) is 11.9 Å². The molecule has 3 rings (SSSR count). The van der Waals surface area contributed by atoms with Gasteiger partial charge in [-0.25, -0.2) is 4.98 Å². The van der Waals surface area contributed by atoms with E-state index >= 15 is 0 Å². The van der Waals surface area contributed by atoms with E-state index in [1.165, 1.54) is 11.3 Å². The van der Waals surface area contributed by atoms with Crippen LogP contribution in [0.2, 0.25) is 0 Å². The molecule has 0 bridgehead atoms. The van der Waals surface area contributed by atoms with Gasteiger partial charge in [0.05, 0.1) is 6.04 Å². The lowest BCUT2D eigenvalue weighted by atomic mass is 10.0. The number of carbonyl (C=O) groups excluding carboxylic acids is 1. The predicted molar refractivity (Wildman–Crippen MR) is 78.6 cm³/mol. The zero-order valence-corrected chi connectivity index (χ0v) is 11.9. The normalized spacial score (nSPS) is 16.9. The van der Waals surface area contributed by atoms with Crippen LogP contribution in [0.25, 0.3) is 0 Å². The molecule has 0 fully saturated rings. The molecular weight excluding hydrogens is 274 g/mol. The van der Waals surface area contributed by atoms with Crippen molar-refractivity contribution in [2.24, 2.45) is 0 Å². The van der Waals surface area contributed by atoms with Crippen molar-refractivity contribution in [1.82, 2.24) is 10.3 Å². The fraction of sp³-hybridized carbons (Fsp3) is 0.286. The molecule has 1 atom stereocenters. The average Bonchev–Trinajstić information content (AvgIpc) is 2.96. The third-order valence-electron chi connectivity index (χ3n) is 3.16. The van der Waals surface area contributed by atoms with E-state index in [1.807, 2.05) is 24.3 Å². The minimum atomic E-state index is -0.157. The van der Waals surface area contributed by atoms with Crippen LogP contribution in [0.1, 0.15) is 16.1 Å². The molecule has 2 heterocycles. The van der Waals surface area contributed by atoms with E-state index < -0.39 is 0 Å². The van der Waals surface area contributed by atoms with Crippen molar-refractivity contribution in [3.05, 3.63) is 40.9 Å². The number of nitrogens with one attached hydrogen (secondary N) is 2. The van der Waals surface area contributed by atoms with Crippen molar-refractivity contribution in [1.29, 1.82) is 0 Å². The highest BCUT2D eigenvalue weighted by Crippen LogP contribution is 2.24. The Balaban J connectivity index is 1.66. The van der Waals surface area contributed by atoms with Crippen molar-refractivity contribution >= 4 is 22.4 Å². The van der Waals surface area contributed by atoms with E-state index in [1.54, 1.807) is 12.4 Å². The molecule has 1 aliphatic heterocycles. The summed E-state index contributed by atoms with van der Waals surface area (Å²) in [5, 5.41) is 8.37. The molecule has 1 aliphatic rings. The molecule has 2 aromatic rings. The number of para-hydroxylation sites is 1. The lowest BCUT2D eigenvalue weighted by Crippen LogP contribution is -2.42. The topological polar surface area (TPSA) is 63.2 Å².